The van der Waals surface area contributed by atoms with E-state index < -0.39 is 41.7 Å². The van der Waals surface area contributed by atoms with Crippen LogP contribution in [0.1, 0.15) is 59.4 Å². The van der Waals surface area contributed by atoms with E-state index in [-0.39, 0.29) is 31.3 Å². The Bertz CT molecular complexity index is 1400. The molecule has 0 fully saturated rings. The van der Waals surface area contributed by atoms with Gasteiger partial charge < -0.3 is 21.1 Å². The van der Waals surface area contributed by atoms with E-state index in [9.17, 15) is 19.2 Å². The summed E-state index contributed by atoms with van der Waals surface area (Å²) in [5.41, 5.74) is 8.51. The van der Waals surface area contributed by atoms with Crippen LogP contribution in [0.3, 0.4) is 0 Å². The summed E-state index contributed by atoms with van der Waals surface area (Å²) in [6.45, 7) is 9.74. The lowest BCUT2D eigenvalue weighted by Crippen LogP contribution is -2.54. The summed E-state index contributed by atoms with van der Waals surface area (Å²) in [5, 5.41) is 7.93. The standard InChI is InChI=1S/C35H45N3O5/c1-6-43-32(39)21-29(17-22(2)3)34(41)38-31(35(42)37-30(33(36)40)18-23(4)5)19-24-11-13-26(14-12-24)28-16-15-25-9-7-8-10-27(25)20-28/h7-16,20,22-23,29-31H,6,17-19,21H2,1-5H3,(H2,36,40)(H,37,42)(H,38,41)/t29-,30+,31-/m1/s1. The van der Waals surface area contributed by atoms with E-state index in [0.717, 1.165) is 27.5 Å². The Morgan fingerprint density at radius 2 is 1.35 bits per heavy atom. The highest BCUT2D eigenvalue weighted by Gasteiger charge is 2.30. The van der Waals surface area contributed by atoms with Gasteiger partial charge in [0, 0.05) is 12.3 Å². The second kappa shape index (κ2) is 15.9. The van der Waals surface area contributed by atoms with Crippen LogP contribution in [0.4, 0.5) is 0 Å². The van der Waals surface area contributed by atoms with Crippen molar-refractivity contribution >= 4 is 34.5 Å². The highest BCUT2D eigenvalue weighted by atomic mass is 16.5. The van der Waals surface area contributed by atoms with Crippen molar-refractivity contribution < 1.29 is 23.9 Å². The molecule has 0 bridgehead atoms. The van der Waals surface area contributed by atoms with Crippen LogP contribution in [0, 0.1) is 17.8 Å². The number of carbonyl (C=O) groups is 4. The Morgan fingerprint density at radius 1 is 0.744 bits per heavy atom. The number of amides is 3. The van der Waals surface area contributed by atoms with Crippen LogP contribution >= 0.6 is 0 Å². The second-order valence-electron chi connectivity index (χ2n) is 12.0. The zero-order chi connectivity index (χ0) is 31.5. The SMILES string of the molecule is CCOC(=O)C[C@@H](CC(C)C)C(=O)N[C@H](Cc1ccc(-c2ccc3ccccc3c2)cc1)C(=O)N[C@@H](CC(C)C)C(N)=O. The smallest absolute Gasteiger partial charge is 0.306 e. The van der Waals surface area contributed by atoms with Crippen LogP contribution in [0.2, 0.25) is 0 Å². The molecule has 0 aliphatic carbocycles. The average molecular weight is 588 g/mol. The fourth-order valence-electron chi connectivity index (χ4n) is 5.20. The molecule has 43 heavy (non-hydrogen) atoms. The Morgan fingerprint density at radius 3 is 1.95 bits per heavy atom. The minimum Gasteiger partial charge on any atom is -0.466 e. The van der Waals surface area contributed by atoms with Gasteiger partial charge in [0.2, 0.25) is 17.7 Å². The summed E-state index contributed by atoms with van der Waals surface area (Å²) in [5.74, 6) is -2.40. The van der Waals surface area contributed by atoms with E-state index in [1.807, 2.05) is 64.1 Å². The van der Waals surface area contributed by atoms with Gasteiger partial charge in [0.15, 0.2) is 0 Å². The first-order valence-corrected chi connectivity index (χ1v) is 15.1. The number of nitrogens with one attached hydrogen (secondary N) is 2. The molecule has 3 rings (SSSR count). The van der Waals surface area contributed by atoms with Crippen LogP contribution in [0.15, 0.2) is 66.7 Å². The fourth-order valence-corrected chi connectivity index (χ4v) is 5.20. The van der Waals surface area contributed by atoms with E-state index in [1.54, 1.807) is 6.92 Å². The normalized spacial score (nSPS) is 13.4. The first-order chi connectivity index (χ1) is 20.5. The molecule has 3 atom stereocenters. The molecule has 8 heteroatoms. The van der Waals surface area contributed by atoms with Gasteiger partial charge in [-0.05, 0) is 65.1 Å². The first-order valence-electron chi connectivity index (χ1n) is 15.1. The first kappa shape index (κ1) is 33.3. The van der Waals surface area contributed by atoms with E-state index in [2.05, 4.69) is 41.0 Å². The number of nitrogens with two attached hydrogens (primary N) is 1. The summed E-state index contributed by atoms with van der Waals surface area (Å²) in [7, 11) is 0. The van der Waals surface area contributed by atoms with Gasteiger partial charge in [0.05, 0.1) is 13.0 Å². The van der Waals surface area contributed by atoms with Crippen molar-refractivity contribution in [2.45, 2.75) is 72.4 Å². The lowest BCUT2D eigenvalue weighted by molar-refractivity contribution is -0.147. The van der Waals surface area contributed by atoms with Crippen LogP contribution in [0.5, 0.6) is 0 Å². The van der Waals surface area contributed by atoms with Gasteiger partial charge >= 0.3 is 5.97 Å². The third-order valence-electron chi connectivity index (χ3n) is 7.32. The Balaban J connectivity index is 1.85. The van der Waals surface area contributed by atoms with Gasteiger partial charge in [-0.1, -0.05) is 88.4 Å². The molecule has 0 spiro atoms. The van der Waals surface area contributed by atoms with Crippen molar-refractivity contribution in [3.05, 3.63) is 72.3 Å². The highest BCUT2D eigenvalue weighted by Crippen LogP contribution is 2.25. The number of esters is 1. The molecule has 0 saturated carbocycles. The minimum absolute atomic E-state index is 0.0795. The number of benzene rings is 3. The maximum atomic E-state index is 13.5. The van der Waals surface area contributed by atoms with Crippen LogP contribution < -0.4 is 16.4 Å². The van der Waals surface area contributed by atoms with Crippen molar-refractivity contribution in [2.75, 3.05) is 6.61 Å². The molecule has 3 aromatic carbocycles. The predicted octanol–water partition coefficient (Wildman–Crippen LogP) is 5.17. The summed E-state index contributed by atoms with van der Waals surface area (Å²) >= 11 is 0. The molecule has 0 radical (unpaired) electrons. The highest BCUT2D eigenvalue weighted by molar-refractivity contribution is 5.93. The Labute approximate surface area is 254 Å². The van der Waals surface area contributed by atoms with Crippen LogP contribution in [0.25, 0.3) is 21.9 Å². The second-order valence-corrected chi connectivity index (χ2v) is 12.0. The van der Waals surface area contributed by atoms with E-state index in [4.69, 9.17) is 10.5 Å². The van der Waals surface area contributed by atoms with Crippen molar-refractivity contribution in [3.8, 4) is 11.1 Å². The molecule has 0 heterocycles. The average Bonchev–Trinajstić information content (AvgIpc) is 2.95. The Hall–Kier alpha value is -4.20. The van der Waals surface area contributed by atoms with Crippen molar-refractivity contribution in [1.82, 2.24) is 10.6 Å². The minimum atomic E-state index is -0.982. The van der Waals surface area contributed by atoms with Gasteiger partial charge in [-0.3, -0.25) is 19.2 Å². The van der Waals surface area contributed by atoms with E-state index in [1.165, 1.54) is 0 Å². The molecule has 0 aliphatic rings. The summed E-state index contributed by atoms with van der Waals surface area (Å²) in [6, 6.07) is 20.5. The zero-order valence-electron chi connectivity index (χ0n) is 25.9. The fraction of sp³-hybridized carbons (Fsp3) is 0.429. The number of rotatable bonds is 15. The molecule has 3 aromatic rings. The summed E-state index contributed by atoms with van der Waals surface area (Å²) in [4.78, 5) is 51.4. The van der Waals surface area contributed by atoms with Crippen LogP contribution in [-0.2, 0) is 30.3 Å². The van der Waals surface area contributed by atoms with Gasteiger partial charge in [0.25, 0.3) is 0 Å². The molecular weight excluding hydrogens is 542 g/mol. The molecule has 0 saturated heterocycles. The molecule has 230 valence electrons. The number of hydrogen-bond acceptors (Lipinski definition) is 5. The predicted molar refractivity (Wildman–Crippen MR) is 170 cm³/mol. The molecule has 0 aliphatic heterocycles. The van der Waals surface area contributed by atoms with Crippen molar-refractivity contribution in [2.24, 2.45) is 23.5 Å². The lowest BCUT2D eigenvalue weighted by Gasteiger charge is -2.25. The molecular formula is C35H45N3O5. The number of primary amides is 1. The molecule has 8 nitrogen and oxygen atoms in total. The van der Waals surface area contributed by atoms with Crippen molar-refractivity contribution in [1.29, 1.82) is 0 Å². The molecule has 3 amide bonds. The lowest BCUT2D eigenvalue weighted by atomic mass is 9.92. The van der Waals surface area contributed by atoms with Gasteiger partial charge in [-0.15, -0.1) is 0 Å². The third kappa shape index (κ3) is 10.2. The number of hydrogen-bond donors (Lipinski definition) is 3. The maximum absolute atomic E-state index is 13.5. The zero-order valence-corrected chi connectivity index (χ0v) is 25.9. The van der Waals surface area contributed by atoms with Gasteiger partial charge in [0.1, 0.15) is 12.1 Å². The third-order valence-corrected chi connectivity index (χ3v) is 7.32. The molecule has 0 unspecified atom stereocenters. The number of ether oxygens (including phenoxy) is 1. The van der Waals surface area contributed by atoms with Crippen LogP contribution in [-0.4, -0.2) is 42.4 Å². The summed E-state index contributed by atoms with van der Waals surface area (Å²) in [6.07, 6.45) is 0.943. The van der Waals surface area contributed by atoms with Gasteiger partial charge in [-0.2, -0.15) is 0 Å². The Kier molecular flexibility index (Phi) is 12.3. The number of fused-ring (bicyclic) bond motifs is 1. The topological polar surface area (TPSA) is 128 Å². The van der Waals surface area contributed by atoms with Crippen molar-refractivity contribution in [3.63, 3.8) is 0 Å². The molecule has 0 aromatic heterocycles. The monoisotopic (exact) mass is 587 g/mol. The molecule has 4 N–H and O–H groups in total. The largest absolute Gasteiger partial charge is 0.466 e. The summed E-state index contributed by atoms with van der Waals surface area (Å²) < 4.78 is 5.09. The maximum Gasteiger partial charge on any atom is 0.306 e. The number of carbonyl (C=O) groups excluding carboxylic acids is 4. The van der Waals surface area contributed by atoms with Gasteiger partial charge in [-0.25, -0.2) is 0 Å². The quantitative estimate of drug-likeness (QED) is 0.212. The van der Waals surface area contributed by atoms with E-state index in [0.29, 0.717) is 12.8 Å². The van der Waals surface area contributed by atoms with E-state index >= 15 is 0 Å².